The Balaban J connectivity index is 1.49. The number of nitrogens with one attached hydrogen (secondary N) is 2. The SMILES string of the molecule is Cc1ccc(C(=O)NCCNC(=O)C2CCCc3ccccc32)cc1F. The summed E-state index contributed by atoms with van der Waals surface area (Å²) >= 11 is 0. The predicted octanol–water partition coefficient (Wildman–Crippen LogP) is 3.10. The zero-order valence-corrected chi connectivity index (χ0v) is 14.8. The van der Waals surface area contributed by atoms with Crippen molar-refractivity contribution >= 4 is 11.8 Å². The van der Waals surface area contributed by atoms with Gasteiger partial charge in [0.2, 0.25) is 5.91 Å². The molecular weight excluding hydrogens is 331 g/mol. The minimum absolute atomic E-state index is 0.00669. The predicted molar refractivity (Wildman–Crippen MR) is 98.6 cm³/mol. The van der Waals surface area contributed by atoms with Crippen molar-refractivity contribution in [1.82, 2.24) is 10.6 Å². The molecule has 2 amide bonds. The van der Waals surface area contributed by atoms with Crippen molar-refractivity contribution in [2.75, 3.05) is 13.1 Å². The number of amides is 2. The molecular formula is C21H23FN2O2. The molecule has 2 aromatic rings. The van der Waals surface area contributed by atoms with Crippen molar-refractivity contribution in [3.8, 4) is 0 Å². The lowest BCUT2D eigenvalue weighted by Crippen LogP contribution is -2.37. The molecule has 0 spiro atoms. The molecule has 26 heavy (non-hydrogen) atoms. The van der Waals surface area contributed by atoms with Crippen LogP contribution in [0.4, 0.5) is 4.39 Å². The van der Waals surface area contributed by atoms with Gasteiger partial charge in [-0.3, -0.25) is 9.59 Å². The summed E-state index contributed by atoms with van der Waals surface area (Å²) in [6, 6.07) is 12.5. The summed E-state index contributed by atoms with van der Waals surface area (Å²) < 4.78 is 13.5. The van der Waals surface area contributed by atoms with Gasteiger partial charge in [0.25, 0.3) is 5.91 Å². The molecule has 0 fully saturated rings. The molecule has 1 aliphatic carbocycles. The highest BCUT2D eigenvalue weighted by molar-refractivity contribution is 5.94. The van der Waals surface area contributed by atoms with Crippen LogP contribution in [-0.2, 0) is 11.2 Å². The molecule has 136 valence electrons. The average Bonchev–Trinajstić information content (AvgIpc) is 2.66. The Morgan fingerprint density at radius 3 is 2.69 bits per heavy atom. The highest BCUT2D eigenvalue weighted by Gasteiger charge is 2.25. The van der Waals surface area contributed by atoms with Gasteiger partial charge in [-0.15, -0.1) is 0 Å². The first kappa shape index (κ1) is 18.1. The van der Waals surface area contributed by atoms with Crippen LogP contribution in [-0.4, -0.2) is 24.9 Å². The lowest BCUT2D eigenvalue weighted by molar-refractivity contribution is -0.122. The highest BCUT2D eigenvalue weighted by Crippen LogP contribution is 2.31. The van der Waals surface area contributed by atoms with Gasteiger partial charge in [-0.05, 0) is 55.0 Å². The summed E-state index contributed by atoms with van der Waals surface area (Å²) in [5, 5.41) is 5.60. The zero-order valence-electron chi connectivity index (χ0n) is 14.8. The Bertz CT molecular complexity index is 819. The second-order valence-electron chi connectivity index (χ2n) is 6.65. The van der Waals surface area contributed by atoms with E-state index >= 15 is 0 Å². The Hall–Kier alpha value is -2.69. The maximum absolute atomic E-state index is 13.5. The van der Waals surface area contributed by atoms with Crippen LogP contribution in [0.3, 0.4) is 0 Å². The first-order valence-corrected chi connectivity index (χ1v) is 8.96. The van der Waals surface area contributed by atoms with Crippen LogP contribution in [0.25, 0.3) is 0 Å². The van der Waals surface area contributed by atoms with E-state index in [0.29, 0.717) is 18.7 Å². The number of halogens is 1. The minimum Gasteiger partial charge on any atom is -0.354 e. The lowest BCUT2D eigenvalue weighted by Gasteiger charge is -2.24. The van der Waals surface area contributed by atoms with Crippen LogP contribution in [0.15, 0.2) is 42.5 Å². The van der Waals surface area contributed by atoms with E-state index in [9.17, 15) is 14.0 Å². The number of hydrogen-bond donors (Lipinski definition) is 2. The molecule has 5 heteroatoms. The zero-order chi connectivity index (χ0) is 18.5. The monoisotopic (exact) mass is 354 g/mol. The van der Waals surface area contributed by atoms with E-state index in [2.05, 4.69) is 16.7 Å². The third-order valence-electron chi connectivity index (χ3n) is 4.83. The molecule has 0 aliphatic heterocycles. The summed E-state index contributed by atoms with van der Waals surface area (Å²) in [6.45, 7) is 2.29. The van der Waals surface area contributed by atoms with Crippen LogP contribution in [0.2, 0.25) is 0 Å². The molecule has 0 bridgehead atoms. The Morgan fingerprint density at radius 2 is 1.88 bits per heavy atom. The molecule has 0 saturated heterocycles. The lowest BCUT2D eigenvalue weighted by atomic mass is 9.82. The molecule has 0 heterocycles. The molecule has 1 atom stereocenters. The van der Waals surface area contributed by atoms with Crippen molar-refractivity contribution in [3.05, 3.63) is 70.5 Å². The van der Waals surface area contributed by atoms with Crippen LogP contribution in [0.5, 0.6) is 0 Å². The van der Waals surface area contributed by atoms with Crippen LogP contribution >= 0.6 is 0 Å². The van der Waals surface area contributed by atoms with E-state index in [1.165, 1.54) is 11.6 Å². The van der Waals surface area contributed by atoms with Gasteiger partial charge in [0.05, 0.1) is 5.92 Å². The summed E-state index contributed by atoms with van der Waals surface area (Å²) in [5.74, 6) is -0.877. The average molecular weight is 354 g/mol. The van der Waals surface area contributed by atoms with E-state index in [4.69, 9.17) is 0 Å². The second kappa shape index (κ2) is 8.13. The first-order chi connectivity index (χ1) is 12.6. The Kier molecular flexibility index (Phi) is 5.66. The van der Waals surface area contributed by atoms with Crippen molar-refractivity contribution < 1.29 is 14.0 Å². The largest absolute Gasteiger partial charge is 0.354 e. The van der Waals surface area contributed by atoms with Gasteiger partial charge in [0, 0.05) is 18.7 Å². The van der Waals surface area contributed by atoms with Gasteiger partial charge in [-0.25, -0.2) is 4.39 Å². The summed E-state index contributed by atoms with van der Waals surface area (Å²) in [5.41, 5.74) is 3.13. The summed E-state index contributed by atoms with van der Waals surface area (Å²) in [6.07, 6.45) is 2.87. The van der Waals surface area contributed by atoms with Gasteiger partial charge < -0.3 is 10.6 Å². The number of aryl methyl sites for hydroxylation is 2. The highest BCUT2D eigenvalue weighted by atomic mass is 19.1. The van der Waals surface area contributed by atoms with Gasteiger partial charge in [-0.2, -0.15) is 0 Å². The van der Waals surface area contributed by atoms with E-state index < -0.39 is 5.82 Å². The number of hydrogen-bond acceptors (Lipinski definition) is 2. The molecule has 4 nitrogen and oxygen atoms in total. The summed E-state index contributed by atoms with van der Waals surface area (Å²) in [7, 11) is 0. The van der Waals surface area contributed by atoms with E-state index in [1.54, 1.807) is 19.1 Å². The normalized spacial score (nSPS) is 15.8. The molecule has 0 aromatic heterocycles. The standard InChI is InChI=1S/C21H23FN2O2/c1-14-9-10-16(13-19(14)22)20(25)23-11-12-24-21(26)18-8-4-6-15-5-2-3-7-17(15)18/h2-3,5,7,9-10,13,18H,4,6,8,11-12H2,1H3,(H,23,25)(H,24,26). The number of rotatable bonds is 5. The topological polar surface area (TPSA) is 58.2 Å². The number of carbonyl (C=O) groups is 2. The number of benzene rings is 2. The van der Waals surface area contributed by atoms with Crippen molar-refractivity contribution in [2.45, 2.75) is 32.1 Å². The van der Waals surface area contributed by atoms with Gasteiger partial charge >= 0.3 is 0 Å². The van der Waals surface area contributed by atoms with Crippen molar-refractivity contribution in [1.29, 1.82) is 0 Å². The van der Waals surface area contributed by atoms with E-state index in [1.807, 2.05) is 18.2 Å². The fourth-order valence-electron chi connectivity index (χ4n) is 3.35. The van der Waals surface area contributed by atoms with Gasteiger partial charge in [0.15, 0.2) is 0 Å². The van der Waals surface area contributed by atoms with Crippen LogP contribution in [0, 0.1) is 12.7 Å². The summed E-state index contributed by atoms with van der Waals surface area (Å²) in [4.78, 5) is 24.5. The molecule has 3 rings (SSSR count). The fraction of sp³-hybridized carbons (Fsp3) is 0.333. The third kappa shape index (κ3) is 4.10. The Labute approximate surface area is 152 Å². The minimum atomic E-state index is -0.401. The van der Waals surface area contributed by atoms with Gasteiger partial charge in [-0.1, -0.05) is 30.3 Å². The molecule has 0 radical (unpaired) electrons. The Morgan fingerprint density at radius 1 is 1.12 bits per heavy atom. The maximum Gasteiger partial charge on any atom is 0.251 e. The molecule has 0 saturated carbocycles. The number of fused-ring (bicyclic) bond motifs is 1. The molecule has 1 aliphatic rings. The van der Waals surface area contributed by atoms with E-state index in [0.717, 1.165) is 24.8 Å². The first-order valence-electron chi connectivity index (χ1n) is 8.96. The van der Waals surface area contributed by atoms with Crippen molar-refractivity contribution in [3.63, 3.8) is 0 Å². The molecule has 2 aromatic carbocycles. The molecule has 1 unspecified atom stereocenters. The number of carbonyl (C=O) groups excluding carboxylic acids is 2. The molecule has 2 N–H and O–H groups in total. The van der Waals surface area contributed by atoms with E-state index in [-0.39, 0.29) is 23.3 Å². The smallest absolute Gasteiger partial charge is 0.251 e. The van der Waals surface area contributed by atoms with Gasteiger partial charge in [0.1, 0.15) is 5.82 Å². The van der Waals surface area contributed by atoms with Crippen molar-refractivity contribution in [2.24, 2.45) is 0 Å². The fourth-order valence-corrected chi connectivity index (χ4v) is 3.35. The second-order valence-corrected chi connectivity index (χ2v) is 6.65. The maximum atomic E-state index is 13.5. The quantitative estimate of drug-likeness (QED) is 0.811. The van der Waals surface area contributed by atoms with Crippen LogP contribution < -0.4 is 10.6 Å². The third-order valence-corrected chi connectivity index (χ3v) is 4.83. The van der Waals surface area contributed by atoms with Crippen LogP contribution in [0.1, 0.15) is 45.8 Å².